The Labute approximate surface area is 286 Å². The molecule has 1 fully saturated rings. The van der Waals surface area contributed by atoms with Crippen LogP contribution < -0.4 is 10.6 Å². The number of piperazine rings is 1. The Morgan fingerprint density at radius 2 is 1.60 bits per heavy atom. The van der Waals surface area contributed by atoms with Crippen LogP contribution in [-0.4, -0.2) is 78.4 Å². The lowest BCUT2D eigenvalue weighted by molar-refractivity contribution is -0.138. The molecule has 3 atom stereocenters. The number of hydrogen-bond donors (Lipinski definition) is 2. The van der Waals surface area contributed by atoms with Gasteiger partial charge in [0.25, 0.3) is 0 Å². The van der Waals surface area contributed by atoms with E-state index in [4.69, 9.17) is 11.6 Å². The number of nitrogens with zero attached hydrogens (tertiary/aromatic N) is 3. The number of carbonyl (C=O) groups is 2. The van der Waals surface area contributed by atoms with Gasteiger partial charge in [-0.3, -0.25) is 14.5 Å². The fourth-order valence-corrected chi connectivity index (χ4v) is 7.28. The van der Waals surface area contributed by atoms with Gasteiger partial charge < -0.3 is 20.4 Å². The van der Waals surface area contributed by atoms with E-state index in [1.807, 2.05) is 41.3 Å². The van der Waals surface area contributed by atoms with Crippen molar-refractivity contribution in [1.29, 1.82) is 0 Å². The zero-order chi connectivity index (χ0) is 33.0. The molecule has 252 valence electrons. The third-order valence-corrected chi connectivity index (χ3v) is 10.2. The highest BCUT2D eigenvalue weighted by Crippen LogP contribution is 2.29. The second-order valence-corrected chi connectivity index (χ2v) is 13.4. The molecule has 2 heterocycles. The van der Waals surface area contributed by atoms with Crippen LogP contribution in [0.4, 0.5) is 0 Å². The van der Waals surface area contributed by atoms with E-state index in [1.54, 1.807) is 0 Å². The predicted molar refractivity (Wildman–Crippen MR) is 191 cm³/mol. The third kappa shape index (κ3) is 9.89. The second kappa shape index (κ2) is 17.8. The molecular formula is C39H52ClN5O2. The van der Waals surface area contributed by atoms with Gasteiger partial charge >= 0.3 is 0 Å². The number of carbonyl (C=O) groups excluding carboxylic acids is 2. The molecule has 0 aromatic heterocycles. The maximum atomic E-state index is 14.1. The van der Waals surface area contributed by atoms with Gasteiger partial charge in [-0.2, -0.15) is 0 Å². The molecule has 2 amide bonds. The summed E-state index contributed by atoms with van der Waals surface area (Å²) in [6.45, 7) is 11.5. The fourth-order valence-electron chi connectivity index (χ4n) is 7.15. The molecule has 47 heavy (non-hydrogen) atoms. The van der Waals surface area contributed by atoms with Crippen molar-refractivity contribution >= 4 is 23.4 Å². The Hall–Kier alpha value is -3.23. The average molecular weight is 658 g/mol. The molecule has 7 nitrogen and oxygen atoms in total. The molecule has 2 aliphatic heterocycles. The molecule has 3 aromatic carbocycles. The van der Waals surface area contributed by atoms with Crippen LogP contribution in [0, 0.1) is 0 Å². The number of benzene rings is 3. The van der Waals surface area contributed by atoms with E-state index < -0.39 is 6.04 Å². The second-order valence-electron chi connectivity index (χ2n) is 13.0. The number of hydrogen-bond acceptors (Lipinski definition) is 5. The first-order valence-electron chi connectivity index (χ1n) is 17.6. The molecule has 3 aromatic rings. The first kappa shape index (κ1) is 35.1. The Morgan fingerprint density at radius 3 is 2.32 bits per heavy atom. The number of unbranched alkanes of at least 4 members (excludes halogenated alkanes) is 2. The first-order chi connectivity index (χ1) is 22.9. The van der Waals surface area contributed by atoms with E-state index in [0.717, 1.165) is 50.3 Å². The van der Waals surface area contributed by atoms with Crippen molar-refractivity contribution in [3.63, 3.8) is 0 Å². The minimum atomic E-state index is -0.636. The van der Waals surface area contributed by atoms with E-state index >= 15 is 0 Å². The molecule has 0 saturated carbocycles. The van der Waals surface area contributed by atoms with Crippen LogP contribution >= 0.6 is 11.6 Å². The summed E-state index contributed by atoms with van der Waals surface area (Å²) in [6.07, 6.45) is 5.49. The quantitative estimate of drug-likeness (QED) is 0.175. The number of fused-ring (bicyclic) bond motifs is 1. The maximum absolute atomic E-state index is 14.1. The van der Waals surface area contributed by atoms with Gasteiger partial charge in [0.15, 0.2) is 0 Å². The summed E-state index contributed by atoms with van der Waals surface area (Å²) >= 11 is 6.15. The predicted octanol–water partition coefficient (Wildman–Crippen LogP) is 6.39. The number of amides is 2. The Bertz CT molecular complexity index is 1410. The summed E-state index contributed by atoms with van der Waals surface area (Å²) < 4.78 is 0. The van der Waals surface area contributed by atoms with Crippen molar-refractivity contribution in [3.8, 4) is 0 Å². The first-order valence-corrected chi connectivity index (χ1v) is 18.0. The fraction of sp³-hybridized carbons (Fsp3) is 0.487. The molecule has 5 rings (SSSR count). The highest BCUT2D eigenvalue weighted by molar-refractivity contribution is 6.30. The van der Waals surface area contributed by atoms with E-state index in [9.17, 15) is 9.59 Å². The van der Waals surface area contributed by atoms with E-state index in [2.05, 4.69) is 76.7 Å². The van der Waals surface area contributed by atoms with Gasteiger partial charge in [-0.25, -0.2) is 0 Å². The summed E-state index contributed by atoms with van der Waals surface area (Å²) in [4.78, 5) is 34.5. The molecule has 0 spiro atoms. The highest BCUT2D eigenvalue weighted by atomic mass is 35.5. The minimum Gasteiger partial charge on any atom is -0.344 e. The van der Waals surface area contributed by atoms with Crippen molar-refractivity contribution < 1.29 is 9.59 Å². The van der Waals surface area contributed by atoms with E-state index in [0.29, 0.717) is 37.0 Å². The molecular weight excluding hydrogens is 606 g/mol. The van der Waals surface area contributed by atoms with Crippen LogP contribution in [0.1, 0.15) is 80.3 Å². The van der Waals surface area contributed by atoms with E-state index in [-0.39, 0.29) is 17.9 Å². The van der Waals surface area contributed by atoms with Crippen LogP contribution in [0.3, 0.4) is 0 Å². The summed E-state index contributed by atoms with van der Waals surface area (Å²) in [5.41, 5.74) is 4.72. The maximum Gasteiger partial charge on any atom is 0.245 e. The van der Waals surface area contributed by atoms with Gasteiger partial charge in [0.2, 0.25) is 11.8 Å². The van der Waals surface area contributed by atoms with Gasteiger partial charge in [-0.15, -0.1) is 0 Å². The largest absolute Gasteiger partial charge is 0.344 e. The summed E-state index contributed by atoms with van der Waals surface area (Å²) in [5, 5.41) is 7.24. The van der Waals surface area contributed by atoms with Crippen LogP contribution in [-0.2, 0) is 22.6 Å². The molecule has 0 radical (unpaired) electrons. The van der Waals surface area contributed by atoms with Crippen LogP contribution in [0.5, 0.6) is 0 Å². The average Bonchev–Trinajstić information content (AvgIpc) is 3.51. The molecule has 1 saturated heterocycles. The van der Waals surface area contributed by atoms with Crippen molar-refractivity contribution in [2.24, 2.45) is 0 Å². The van der Waals surface area contributed by atoms with Crippen molar-refractivity contribution in [3.05, 3.63) is 106 Å². The van der Waals surface area contributed by atoms with Crippen molar-refractivity contribution in [2.75, 3.05) is 45.8 Å². The van der Waals surface area contributed by atoms with Crippen LogP contribution in [0.25, 0.3) is 0 Å². The monoisotopic (exact) mass is 657 g/mol. The Balaban J connectivity index is 1.20. The highest BCUT2D eigenvalue weighted by Gasteiger charge is 2.32. The number of nitrogens with one attached hydrogen (secondary N) is 2. The lowest BCUT2D eigenvalue weighted by Gasteiger charge is -2.40. The lowest BCUT2D eigenvalue weighted by Crippen LogP contribution is -2.56. The third-order valence-electron chi connectivity index (χ3n) is 9.94. The topological polar surface area (TPSA) is 67.9 Å². The summed E-state index contributed by atoms with van der Waals surface area (Å²) in [5.74, 6) is -0.129. The normalized spacial score (nSPS) is 17.8. The van der Waals surface area contributed by atoms with Gasteiger partial charge in [-0.05, 0) is 66.9 Å². The lowest BCUT2D eigenvalue weighted by atomic mass is 9.97. The van der Waals surface area contributed by atoms with Crippen molar-refractivity contribution in [1.82, 2.24) is 25.3 Å². The minimum absolute atomic E-state index is 0.0135. The Kier molecular flexibility index (Phi) is 13.3. The SMILES string of the molecule is CCN(CC)CCCCCC(c1ccccc1)N1CCN(C(=O)[C@@H](Cc2ccc(Cl)cc2)NC(=O)CC2NCc3ccccc32)CC1. The molecule has 0 bridgehead atoms. The standard InChI is InChI=1S/C39H52ClN5O2/c1-3-43(4-2)22-12-6-9-17-37(31-13-7-5-8-14-31)44-23-25-45(26-24-44)39(47)36(27-30-18-20-33(40)21-19-30)42-38(46)28-35-34-16-11-10-15-32(34)29-41-35/h5,7-8,10-11,13-16,18-21,35-37,41H,3-4,6,9,12,17,22-29H2,1-2H3,(H,42,46)/t35?,36-,37?/m1/s1. The summed E-state index contributed by atoms with van der Waals surface area (Å²) in [6, 6.07) is 26.3. The zero-order valence-electron chi connectivity index (χ0n) is 28.2. The summed E-state index contributed by atoms with van der Waals surface area (Å²) in [7, 11) is 0. The molecule has 2 unspecified atom stereocenters. The van der Waals surface area contributed by atoms with Crippen molar-refractivity contribution in [2.45, 2.75) is 77.0 Å². The molecule has 8 heteroatoms. The molecule has 2 N–H and O–H groups in total. The molecule has 0 aliphatic carbocycles. The zero-order valence-corrected chi connectivity index (χ0v) is 28.9. The van der Waals surface area contributed by atoms with Gasteiger partial charge in [0, 0.05) is 62.7 Å². The van der Waals surface area contributed by atoms with Gasteiger partial charge in [-0.1, -0.05) is 105 Å². The molecule has 2 aliphatic rings. The number of rotatable bonds is 16. The van der Waals surface area contributed by atoms with Crippen LogP contribution in [0.15, 0.2) is 78.9 Å². The smallest absolute Gasteiger partial charge is 0.245 e. The van der Waals surface area contributed by atoms with Crippen LogP contribution in [0.2, 0.25) is 5.02 Å². The van der Waals surface area contributed by atoms with Gasteiger partial charge in [0.1, 0.15) is 6.04 Å². The van der Waals surface area contributed by atoms with E-state index in [1.165, 1.54) is 36.9 Å². The number of halogens is 1. The van der Waals surface area contributed by atoms with Gasteiger partial charge in [0.05, 0.1) is 0 Å². The Morgan fingerprint density at radius 1 is 0.894 bits per heavy atom.